The zero-order chi connectivity index (χ0) is 21.6. The normalized spacial score (nSPS) is 13.5. The second kappa shape index (κ2) is 10.3. The minimum absolute atomic E-state index is 0.0134. The van der Waals surface area contributed by atoms with E-state index in [1.54, 1.807) is 24.3 Å². The van der Waals surface area contributed by atoms with E-state index in [-0.39, 0.29) is 11.7 Å². The highest BCUT2D eigenvalue weighted by Crippen LogP contribution is 2.34. The van der Waals surface area contributed by atoms with Crippen molar-refractivity contribution in [1.29, 1.82) is 0 Å². The first-order valence-corrected chi connectivity index (χ1v) is 12.0. The number of sulfonamides is 1. The average molecular weight is 460 g/mol. The van der Waals surface area contributed by atoms with E-state index >= 15 is 0 Å². The monoisotopic (exact) mass is 459 g/mol. The molecule has 0 aliphatic heterocycles. The molecule has 6 heteroatoms. The third-order valence-electron chi connectivity index (χ3n) is 4.88. The van der Waals surface area contributed by atoms with Gasteiger partial charge in [-0.05, 0) is 47.4 Å². The molecule has 156 valence electrons. The van der Waals surface area contributed by atoms with Crippen LogP contribution in [-0.2, 0) is 16.4 Å². The van der Waals surface area contributed by atoms with Crippen molar-refractivity contribution in [2.75, 3.05) is 5.75 Å². The molecule has 0 saturated carbocycles. The lowest BCUT2D eigenvalue weighted by molar-refractivity contribution is 0.535. The summed E-state index contributed by atoms with van der Waals surface area (Å²) in [6.07, 6.45) is 2.17. The molecule has 0 spiro atoms. The van der Waals surface area contributed by atoms with Crippen LogP contribution in [0.15, 0.2) is 91.5 Å². The summed E-state index contributed by atoms with van der Waals surface area (Å²) in [5, 5.41) is 1.17. The molecule has 0 fully saturated rings. The minimum atomic E-state index is -3.57. The van der Waals surface area contributed by atoms with Crippen LogP contribution in [0.25, 0.3) is 0 Å². The smallest absolute Gasteiger partial charge is 0.212 e. The van der Waals surface area contributed by atoms with Crippen molar-refractivity contribution in [3.05, 3.63) is 118 Å². The molecule has 1 N–H and O–H groups in total. The number of hydrogen-bond acceptors (Lipinski definition) is 2. The molecule has 2 atom stereocenters. The Labute approximate surface area is 188 Å². The summed E-state index contributed by atoms with van der Waals surface area (Å²) < 4.78 is 28.8. The Kier molecular flexibility index (Phi) is 7.73. The first-order chi connectivity index (χ1) is 14.4. The molecule has 3 rings (SSSR count). The molecule has 0 saturated heterocycles. The van der Waals surface area contributed by atoms with Crippen LogP contribution in [0.2, 0.25) is 10.0 Å². The number of halogens is 2. The van der Waals surface area contributed by atoms with E-state index in [4.69, 9.17) is 23.2 Å². The third-order valence-corrected chi connectivity index (χ3v) is 6.73. The van der Waals surface area contributed by atoms with E-state index in [0.717, 1.165) is 16.7 Å². The van der Waals surface area contributed by atoms with Gasteiger partial charge in [-0.1, -0.05) is 83.9 Å². The maximum atomic E-state index is 13.0. The summed E-state index contributed by atoms with van der Waals surface area (Å²) in [6.45, 7) is 3.95. The highest BCUT2D eigenvalue weighted by Gasteiger charge is 2.27. The van der Waals surface area contributed by atoms with E-state index in [2.05, 4.69) is 11.3 Å². The summed E-state index contributed by atoms with van der Waals surface area (Å²) in [7, 11) is -3.57. The number of rotatable bonds is 9. The van der Waals surface area contributed by atoms with Gasteiger partial charge in [0.05, 0.1) is 11.8 Å². The van der Waals surface area contributed by atoms with Gasteiger partial charge in [0.25, 0.3) is 0 Å². The Morgan fingerprint density at radius 2 is 1.57 bits per heavy atom. The molecule has 3 aromatic rings. The Morgan fingerprint density at radius 3 is 2.20 bits per heavy atom. The Hall–Kier alpha value is -2.11. The minimum Gasteiger partial charge on any atom is -0.212 e. The molecule has 0 amide bonds. The Bertz CT molecular complexity index is 1080. The van der Waals surface area contributed by atoms with Gasteiger partial charge in [0.15, 0.2) is 0 Å². The van der Waals surface area contributed by atoms with Crippen molar-refractivity contribution in [3.8, 4) is 0 Å². The second-order valence-electron chi connectivity index (χ2n) is 7.02. The largest absolute Gasteiger partial charge is 0.212 e. The van der Waals surface area contributed by atoms with Crippen LogP contribution in [0.1, 0.15) is 28.7 Å². The molecule has 0 aromatic heterocycles. The van der Waals surface area contributed by atoms with Gasteiger partial charge < -0.3 is 0 Å². The van der Waals surface area contributed by atoms with E-state index in [0.29, 0.717) is 16.5 Å². The molecular formula is C24H23Cl2NO2S. The Balaban J connectivity index is 1.90. The maximum absolute atomic E-state index is 13.0. The van der Waals surface area contributed by atoms with Crippen LogP contribution in [0.5, 0.6) is 0 Å². The third kappa shape index (κ3) is 6.19. The lowest BCUT2D eigenvalue weighted by atomic mass is 9.88. The molecule has 0 bridgehead atoms. The summed E-state index contributed by atoms with van der Waals surface area (Å²) >= 11 is 12.2. The van der Waals surface area contributed by atoms with Crippen LogP contribution < -0.4 is 4.72 Å². The SMILES string of the molecule is C=C[C@H](c1cccc(Cl)c1)[C@H](NS(=O)(=O)CCc1ccccc1)c1ccc(Cl)cc1. The van der Waals surface area contributed by atoms with Crippen molar-refractivity contribution < 1.29 is 8.42 Å². The van der Waals surface area contributed by atoms with Gasteiger partial charge in [0, 0.05) is 16.0 Å². The number of nitrogens with one attached hydrogen (secondary N) is 1. The van der Waals surface area contributed by atoms with Gasteiger partial charge in [0.2, 0.25) is 10.0 Å². The summed E-state index contributed by atoms with van der Waals surface area (Å²) in [4.78, 5) is 0. The molecule has 0 aliphatic rings. The first-order valence-electron chi connectivity index (χ1n) is 9.55. The van der Waals surface area contributed by atoms with Gasteiger partial charge >= 0.3 is 0 Å². The molecule has 3 nitrogen and oxygen atoms in total. The fourth-order valence-electron chi connectivity index (χ4n) is 3.35. The van der Waals surface area contributed by atoms with Crippen molar-refractivity contribution in [1.82, 2.24) is 4.72 Å². The molecule has 3 aromatic carbocycles. The second-order valence-corrected chi connectivity index (χ2v) is 9.76. The van der Waals surface area contributed by atoms with Crippen LogP contribution >= 0.6 is 23.2 Å². The number of benzene rings is 3. The highest BCUT2D eigenvalue weighted by atomic mass is 35.5. The van der Waals surface area contributed by atoms with Crippen LogP contribution in [0.3, 0.4) is 0 Å². The van der Waals surface area contributed by atoms with E-state index < -0.39 is 16.1 Å². The fraction of sp³-hybridized carbons (Fsp3) is 0.167. The predicted molar refractivity (Wildman–Crippen MR) is 126 cm³/mol. The van der Waals surface area contributed by atoms with Crippen LogP contribution in [0.4, 0.5) is 0 Å². The van der Waals surface area contributed by atoms with Gasteiger partial charge in [-0.3, -0.25) is 0 Å². The van der Waals surface area contributed by atoms with Gasteiger partial charge in [-0.15, -0.1) is 6.58 Å². The molecule has 0 heterocycles. The van der Waals surface area contributed by atoms with Crippen molar-refractivity contribution in [2.24, 2.45) is 0 Å². The quantitative estimate of drug-likeness (QED) is 0.389. The standard InChI is InChI=1S/C24H23Cl2NO2S/c1-2-23(20-9-6-10-22(26)17-20)24(19-11-13-21(25)14-12-19)27-30(28,29)16-15-18-7-4-3-5-8-18/h2-14,17,23-24,27H,1,15-16H2/t23-,24-/m1/s1. The fourth-order valence-corrected chi connectivity index (χ4v) is 4.96. The molecule has 0 aliphatic carbocycles. The molecule has 30 heavy (non-hydrogen) atoms. The van der Waals surface area contributed by atoms with Crippen molar-refractivity contribution in [3.63, 3.8) is 0 Å². The van der Waals surface area contributed by atoms with Gasteiger partial charge in [-0.2, -0.15) is 0 Å². The van der Waals surface area contributed by atoms with E-state index in [1.807, 2.05) is 60.7 Å². The summed E-state index contributed by atoms with van der Waals surface area (Å²) in [6, 6.07) is 23.5. The number of hydrogen-bond donors (Lipinski definition) is 1. The number of aryl methyl sites for hydroxylation is 1. The average Bonchev–Trinajstić information content (AvgIpc) is 2.74. The van der Waals surface area contributed by atoms with E-state index in [9.17, 15) is 8.42 Å². The van der Waals surface area contributed by atoms with E-state index in [1.165, 1.54) is 0 Å². The maximum Gasteiger partial charge on any atom is 0.212 e. The molecule has 0 unspecified atom stereocenters. The summed E-state index contributed by atoms with van der Waals surface area (Å²) in [5.41, 5.74) is 2.65. The zero-order valence-corrected chi connectivity index (χ0v) is 18.7. The summed E-state index contributed by atoms with van der Waals surface area (Å²) in [5.74, 6) is -0.322. The van der Waals surface area contributed by atoms with Crippen LogP contribution in [-0.4, -0.2) is 14.2 Å². The predicted octanol–water partition coefficient (Wildman–Crippen LogP) is 6.17. The lowest BCUT2D eigenvalue weighted by Crippen LogP contribution is -2.34. The molecular weight excluding hydrogens is 437 g/mol. The Morgan fingerprint density at radius 1 is 0.867 bits per heavy atom. The van der Waals surface area contributed by atoms with Crippen molar-refractivity contribution in [2.45, 2.75) is 18.4 Å². The van der Waals surface area contributed by atoms with Crippen molar-refractivity contribution >= 4 is 33.2 Å². The molecule has 0 radical (unpaired) electrons. The van der Waals surface area contributed by atoms with Crippen LogP contribution in [0, 0.1) is 0 Å². The lowest BCUT2D eigenvalue weighted by Gasteiger charge is -2.27. The topological polar surface area (TPSA) is 46.2 Å². The van der Waals surface area contributed by atoms with Gasteiger partial charge in [0.1, 0.15) is 0 Å². The zero-order valence-electron chi connectivity index (χ0n) is 16.3. The van der Waals surface area contributed by atoms with Gasteiger partial charge in [-0.25, -0.2) is 13.1 Å². The first kappa shape index (κ1) is 22.6. The highest BCUT2D eigenvalue weighted by molar-refractivity contribution is 7.89.